The Hall–Kier alpha value is -7.89. The smallest absolute Gasteiger partial charge is 0.167 e. The van der Waals surface area contributed by atoms with E-state index in [-0.39, 0.29) is 0 Å². The van der Waals surface area contributed by atoms with E-state index in [0.717, 1.165) is 88.4 Å². The first-order valence-corrected chi connectivity index (χ1v) is 19.4. The van der Waals surface area contributed by atoms with E-state index in [2.05, 4.69) is 181 Å². The third kappa shape index (κ3) is 5.94. The van der Waals surface area contributed by atoms with Crippen molar-refractivity contribution in [2.75, 3.05) is 4.90 Å². The molecule has 0 aliphatic heterocycles. The third-order valence-corrected chi connectivity index (χ3v) is 10.8. The molecular weight excluding hydrogens is 709 g/mol. The number of nitrogens with zero attached hydrogens (tertiary/aromatic N) is 4. The number of anilines is 3. The zero-order valence-corrected chi connectivity index (χ0v) is 31.3. The molecule has 0 fully saturated rings. The van der Waals surface area contributed by atoms with E-state index in [9.17, 15) is 0 Å². The van der Waals surface area contributed by atoms with Gasteiger partial charge in [-0.3, -0.25) is 0 Å². The second-order valence-corrected chi connectivity index (χ2v) is 14.5. The van der Waals surface area contributed by atoms with Gasteiger partial charge < -0.3 is 9.32 Å². The average molecular weight is 743 g/mol. The van der Waals surface area contributed by atoms with Gasteiger partial charge in [-0.15, -0.1) is 0 Å². The van der Waals surface area contributed by atoms with E-state index in [1.807, 2.05) is 30.3 Å². The summed E-state index contributed by atoms with van der Waals surface area (Å²) in [5.41, 5.74) is 9.38. The molecule has 0 spiro atoms. The monoisotopic (exact) mass is 742 g/mol. The molecule has 0 unspecified atom stereocenters. The van der Waals surface area contributed by atoms with Gasteiger partial charge in [0.05, 0.1) is 5.56 Å². The van der Waals surface area contributed by atoms with Crippen molar-refractivity contribution in [3.8, 4) is 45.3 Å². The largest absolute Gasteiger partial charge is 0.455 e. The summed E-state index contributed by atoms with van der Waals surface area (Å²) < 4.78 is 6.90. The van der Waals surface area contributed by atoms with Crippen LogP contribution < -0.4 is 4.90 Å². The van der Waals surface area contributed by atoms with Gasteiger partial charge in [0.2, 0.25) is 0 Å². The highest BCUT2D eigenvalue weighted by atomic mass is 16.3. The Bertz CT molecular complexity index is 3290. The van der Waals surface area contributed by atoms with Crippen LogP contribution in [0.15, 0.2) is 211 Å². The fraction of sp³-hybridized carbons (Fsp3) is 0. The molecule has 0 aliphatic rings. The quantitative estimate of drug-likeness (QED) is 0.163. The van der Waals surface area contributed by atoms with Crippen molar-refractivity contribution in [2.24, 2.45) is 0 Å². The number of benzene rings is 9. The van der Waals surface area contributed by atoms with E-state index in [1.54, 1.807) is 0 Å². The number of hydrogen-bond acceptors (Lipinski definition) is 5. The van der Waals surface area contributed by atoms with Crippen LogP contribution in [0, 0.1) is 0 Å². The molecule has 0 saturated heterocycles. The van der Waals surface area contributed by atoms with Crippen LogP contribution in [-0.4, -0.2) is 15.0 Å². The molecular formula is C53H34N4O. The van der Waals surface area contributed by atoms with E-state index in [4.69, 9.17) is 19.4 Å². The molecule has 2 heterocycles. The van der Waals surface area contributed by atoms with Crippen LogP contribution in [0.3, 0.4) is 0 Å². The molecule has 0 bridgehead atoms. The summed E-state index contributed by atoms with van der Waals surface area (Å²) in [6.45, 7) is 0. The Morgan fingerprint density at radius 1 is 0.345 bits per heavy atom. The van der Waals surface area contributed by atoms with Crippen LogP contribution in [0.2, 0.25) is 0 Å². The van der Waals surface area contributed by atoms with Crippen molar-refractivity contribution in [3.05, 3.63) is 206 Å². The van der Waals surface area contributed by atoms with Gasteiger partial charge in [0.1, 0.15) is 11.2 Å². The number of para-hydroxylation sites is 1. The second-order valence-electron chi connectivity index (χ2n) is 14.5. The standard InChI is InChI=1S/C53H34N4O/c1-4-15-35(16-5-1)40-22-14-25-43(32-40)57(42-23-8-3-9-24-42)44-33-46-49-45-26-13-12-18-37(45)29-30-48(49)58-50(46)47(34-44)53-55-51(38-19-6-2-7-20-38)54-52(56-53)41-28-27-36-17-10-11-21-39(36)31-41/h1-34H. The van der Waals surface area contributed by atoms with E-state index in [1.165, 1.54) is 0 Å². The molecule has 0 radical (unpaired) electrons. The molecule has 2 aromatic heterocycles. The maximum atomic E-state index is 6.90. The van der Waals surface area contributed by atoms with Crippen molar-refractivity contribution in [1.29, 1.82) is 0 Å². The Balaban J connectivity index is 1.21. The van der Waals surface area contributed by atoms with Gasteiger partial charge in [0.15, 0.2) is 17.5 Å². The summed E-state index contributed by atoms with van der Waals surface area (Å²) in [7, 11) is 0. The maximum Gasteiger partial charge on any atom is 0.167 e. The summed E-state index contributed by atoms with van der Waals surface area (Å²) in [5, 5.41) is 6.57. The molecule has 0 N–H and O–H groups in total. The van der Waals surface area contributed by atoms with Crippen LogP contribution in [0.5, 0.6) is 0 Å². The van der Waals surface area contributed by atoms with Gasteiger partial charge in [-0.25, -0.2) is 15.0 Å². The highest BCUT2D eigenvalue weighted by Crippen LogP contribution is 2.45. The van der Waals surface area contributed by atoms with E-state index >= 15 is 0 Å². The second kappa shape index (κ2) is 14.0. The van der Waals surface area contributed by atoms with Gasteiger partial charge in [0.25, 0.3) is 0 Å². The molecule has 58 heavy (non-hydrogen) atoms. The Morgan fingerprint density at radius 2 is 0.948 bits per heavy atom. The van der Waals surface area contributed by atoms with Gasteiger partial charge in [-0.05, 0) is 81.2 Å². The lowest BCUT2D eigenvalue weighted by Crippen LogP contribution is -2.10. The van der Waals surface area contributed by atoms with Gasteiger partial charge in [-0.2, -0.15) is 0 Å². The fourth-order valence-corrected chi connectivity index (χ4v) is 8.08. The van der Waals surface area contributed by atoms with Crippen molar-refractivity contribution in [2.45, 2.75) is 0 Å². The van der Waals surface area contributed by atoms with Gasteiger partial charge >= 0.3 is 0 Å². The van der Waals surface area contributed by atoms with E-state index in [0.29, 0.717) is 17.5 Å². The predicted octanol–water partition coefficient (Wildman–Crippen LogP) is 14.2. The lowest BCUT2D eigenvalue weighted by molar-refractivity contribution is 0.670. The van der Waals surface area contributed by atoms with Crippen molar-refractivity contribution in [1.82, 2.24) is 15.0 Å². The minimum absolute atomic E-state index is 0.526. The molecule has 5 nitrogen and oxygen atoms in total. The lowest BCUT2D eigenvalue weighted by atomic mass is 10.0. The summed E-state index contributed by atoms with van der Waals surface area (Å²) in [4.78, 5) is 17.9. The molecule has 0 atom stereocenters. The normalized spacial score (nSPS) is 11.4. The third-order valence-electron chi connectivity index (χ3n) is 10.8. The zero-order valence-electron chi connectivity index (χ0n) is 31.3. The summed E-state index contributed by atoms with van der Waals surface area (Å²) >= 11 is 0. The zero-order chi connectivity index (χ0) is 38.4. The first-order chi connectivity index (χ1) is 28.7. The Morgan fingerprint density at radius 3 is 1.74 bits per heavy atom. The van der Waals surface area contributed by atoms with Crippen LogP contribution in [0.25, 0.3) is 88.8 Å². The maximum absolute atomic E-state index is 6.90. The molecule has 11 rings (SSSR count). The SMILES string of the molecule is c1ccc(-c2cccc(N(c3ccccc3)c3cc(-c4nc(-c5ccccc5)nc(-c5ccc6ccccc6c5)n4)c4oc5ccc6ccccc6c5c4c3)c2)cc1. The van der Waals surface area contributed by atoms with E-state index < -0.39 is 0 Å². The number of aromatic nitrogens is 3. The van der Waals surface area contributed by atoms with Gasteiger partial charge in [0, 0.05) is 39.0 Å². The highest BCUT2D eigenvalue weighted by molar-refractivity contribution is 6.21. The number of hydrogen-bond donors (Lipinski definition) is 0. The summed E-state index contributed by atoms with van der Waals surface area (Å²) in [6.07, 6.45) is 0. The van der Waals surface area contributed by atoms with Crippen LogP contribution in [-0.2, 0) is 0 Å². The van der Waals surface area contributed by atoms with Gasteiger partial charge in [-0.1, -0.05) is 158 Å². The van der Waals surface area contributed by atoms with Crippen molar-refractivity contribution < 1.29 is 4.42 Å². The molecule has 5 heteroatoms. The Labute approximate surface area is 335 Å². The number of fused-ring (bicyclic) bond motifs is 6. The lowest BCUT2D eigenvalue weighted by Gasteiger charge is -2.26. The average Bonchev–Trinajstić information content (AvgIpc) is 3.69. The highest BCUT2D eigenvalue weighted by Gasteiger charge is 2.23. The molecule has 0 saturated carbocycles. The van der Waals surface area contributed by atoms with Crippen LogP contribution in [0.4, 0.5) is 17.1 Å². The predicted molar refractivity (Wildman–Crippen MR) is 239 cm³/mol. The molecule has 0 amide bonds. The fourth-order valence-electron chi connectivity index (χ4n) is 8.08. The molecule has 0 aliphatic carbocycles. The minimum atomic E-state index is 0.526. The molecule has 9 aromatic carbocycles. The summed E-state index contributed by atoms with van der Waals surface area (Å²) in [5.74, 6) is 1.70. The topological polar surface area (TPSA) is 55.1 Å². The molecule has 272 valence electrons. The number of furan rings is 1. The van der Waals surface area contributed by atoms with Crippen molar-refractivity contribution in [3.63, 3.8) is 0 Å². The minimum Gasteiger partial charge on any atom is -0.455 e. The Kier molecular flexibility index (Phi) is 8.07. The number of rotatable bonds is 7. The first kappa shape index (κ1) is 33.4. The first-order valence-electron chi connectivity index (χ1n) is 19.4. The van der Waals surface area contributed by atoms with Crippen LogP contribution in [0.1, 0.15) is 0 Å². The molecule has 11 aromatic rings. The van der Waals surface area contributed by atoms with Crippen molar-refractivity contribution >= 4 is 60.5 Å². The van der Waals surface area contributed by atoms with Crippen LogP contribution >= 0.6 is 0 Å². The summed E-state index contributed by atoms with van der Waals surface area (Å²) in [6, 6.07) is 71.7.